The highest BCUT2D eigenvalue weighted by Crippen LogP contribution is 2.32. The van der Waals surface area contributed by atoms with E-state index in [4.69, 9.17) is 0 Å². The van der Waals surface area contributed by atoms with E-state index in [0.29, 0.717) is 29.7 Å². The number of carbonyl (C=O) groups is 1. The highest BCUT2D eigenvalue weighted by molar-refractivity contribution is 7.91. The van der Waals surface area contributed by atoms with Crippen molar-refractivity contribution in [1.82, 2.24) is 15.3 Å². The fraction of sp³-hybridized carbons (Fsp3) is 0.421. The van der Waals surface area contributed by atoms with Crippen LogP contribution in [-0.2, 0) is 14.6 Å². The van der Waals surface area contributed by atoms with Gasteiger partial charge in [0.2, 0.25) is 11.9 Å². The van der Waals surface area contributed by atoms with Crippen LogP contribution in [0, 0.1) is 0 Å². The lowest BCUT2D eigenvalue weighted by molar-refractivity contribution is -0.117. The van der Waals surface area contributed by atoms with Crippen LogP contribution in [0.5, 0.6) is 0 Å². The summed E-state index contributed by atoms with van der Waals surface area (Å²) in [5.41, 5.74) is 1.22. The molecule has 0 saturated carbocycles. The SMILES string of the molecule is CNCCS(=O)(=O)c1cccc(Nc2ncc3c(n2)N(C(C)C)CC(=O)N3C)c1. The van der Waals surface area contributed by atoms with Gasteiger partial charge in [0, 0.05) is 25.3 Å². The van der Waals surface area contributed by atoms with Crippen LogP contribution in [0.4, 0.5) is 23.1 Å². The quantitative estimate of drug-likeness (QED) is 0.695. The molecule has 3 rings (SSSR count). The van der Waals surface area contributed by atoms with Gasteiger partial charge in [-0.2, -0.15) is 4.98 Å². The fourth-order valence-electron chi connectivity index (χ4n) is 3.01. The molecule has 1 amide bonds. The molecule has 1 aromatic carbocycles. The number of hydrogen-bond donors (Lipinski definition) is 2. The van der Waals surface area contributed by atoms with Gasteiger partial charge in [0.25, 0.3) is 0 Å². The molecular weight excluding hydrogens is 392 g/mol. The number of fused-ring (bicyclic) bond motifs is 1. The van der Waals surface area contributed by atoms with Gasteiger partial charge in [0.1, 0.15) is 5.69 Å². The van der Waals surface area contributed by atoms with Crippen LogP contribution in [0.15, 0.2) is 35.4 Å². The minimum atomic E-state index is -3.38. The molecule has 10 heteroatoms. The van der Waals surface area contributed by atoms with Crippen LogP contribution >= 0.6 is 0 Å². The Morgan fingerprint density at radius 1 is 1.28 bits per heavy atom. The first-order valence-corrected chi connectivity index (χ1v) is 11.0. The lowest BCUT2D eigenvalue weighted by atomic mass is 10.2. The van der Waals surface area contributed by atoms with Crippen molar-refractivity contribution >= 4 is 38.9 Å². The minimum absolute atomic E-state index is 0.0185. The van der Waals surface area contributed by atoms with E-state index in [1.54, 1.807) is 49.5 Å². The first-order chi connectivity index (χ1) is 13.7. The monoisotopic (exact) mass is 418 g/mol. The fourth-order valence-corrected chi connectivity index (χ4v) is 4.31. The van der Waals surface area contributed by atoms with Gasteiger partial charge in [-0.15, -0.1) is 0 Å². The van der Waals surface area contributed by atoms with Gasteiger partial charge in [-0.3, -0.25) is 4.79 Å². The second kappa shape index (κ2) is 8.34. The lowest BCUT2D eigenvalue weighted by Crippen LogP contribution is -2.47. The third kappa shape index (κ3) is 4.48. The van der Waals surface area contributed by atoms with Gasteiger partial charge in [-0.25, -0.2) is 13.4 Å². The zero-order chi connectivity index (χ0) is 21.2. The van der Waals surface area contributed by atoms with Crippen LogP contribution in [0.1, 0.15) is 13.8 Å². The minimum Gasteiger partial charge on any atom is -0.343 e. The zero-order valence-corrected chi connectivity index (χ0v) is 17.8. The maximum Gasteiger partial charge on any atom is 0.246 e. The third-order valence-corrected chi connectivity index (χ3v) is 6.47. The molecule has 0 aliphatic carbocycles. The maximum absolute atomic E-state index is 12.4. The van der Waals surface area contributed by atoms with Crippen molar-refractivity contribution in [2.45, 2.75) is 24.8 Å². The molecule has 0 saturated heterocycles. The van der Waals surface area contributed by atoms with E-state index in [1.165, 1.54) is 0 Å². The first-order valence-electron chi connectivity index (χ1n) is 9.37. The van der Waals surface area contributed by atoms with Crippen molar-refractivity contribution in [3.8, 4) is 0 Å². The summed E-state index contributed by atoms with van der Waals surface area (Å²) in [6.45, 7) is 4.62. The highest BCUT2D eigenvalue weighted by Gasteiger charge is 2.30. The van der Waals surface area contributed by atoms with Crippen molar-refractivity contribution in [2.24, 2.45) is 0 Å². The number of nitrogens with one attached hydrogen (secondary N) is 2. The van der Waals surface area contributed by atoms with E-state index < -0.39 is 9.84 Å². The summed E-state index contributed by atoms with van der Waals surface area (Å²) in [7, 11) is 0.0371. The molecule has 0 spiro atoms. The van der Waals surface area contributed by atoms with Crippen molar-refractivity contribution < 1.29 is 13.2 Å². The van der Waals surface area contributed by atoms with Gasteiger partial charge >= 0.3 is 0 Å². The molecule has 1 aliphatic rings. The predicted molar refractivity (Wildman–Crippen MR) is 114 cm³/mol. The smallest absolute Gasteiger partial charge is 0.246 e. The zero-order valence-electron chi connectivity index (χ0n) is 17.0. The average Bonchev–Trinajstić information content (AvgIpc) is 2.69. The Balaban J connectivity index is 1.90. The molecule has 0 bridgehead atoms. The van der Waals surface area contributed by atoms with Crippen LogP contribution in [0.3, 0.4) is 0 Å². The molecule has 9 nitrogen and oxygen atoms in total. The number of aromatic nitrogens is 2. The van der Waals surface area contributed by atoms with Crippen LogP contribution < -0.4 is 20.4 Å². The molecule has 0 unspecified atom stereocenters. The number of rotatable bonds is 7. The summed E-state index contributed by atoms with van der Waals surface area (Å²) in [5, 5.41) is 5.93. The van der Waals surface area contributed by atoms with Gasteiger partial charge in [-0.1, -0.05) is 6.07 Å². The molecule has 156 valence electrons. The second-order valence-electron chi connectivity index (χ2n) is 7.15. The summed E-state index contributed by atoms with van der Waals surface area (Å²) < 4.78 is 24.9. The number of amides is 1. The third-order valence-electron chi connectivity index (χ3n) is 4.76. The summed E-state index contributed by atoms with van der Waals surface area (Å²) in [5.74, 6) is 1.00. The Hall–Kier alpha value is -2.72. The normalized spacial score (nSPS) is 14.3. The number of hydrogen-bond acceptors (Lipinski definition) is 8. The van der Waals surface area contributed by atoms with E-state index in [-0.39, 0.29) is 29.1 Å². The lowest BCUT2D eigenvalue weighted by Gasteiger charge is -2.36. The van der Waals surface area contributed by atoms with Gasteiger partial charge in [0.15, 0.2) is 15.7 Å². The Morgan fingerprint density at radius 2 is 2.03 bits per heavy atom. The Morgan fingerprint density at radius 3 is 2.72 bits per heavy atom. The molecule has 2 N–H and O–H groups in total. The first kappa shape index (κ1) is 21.0. The highest BCUT2D eigenvalue weighted by atomic mass is 32.2. The van der Waals surface area contributed by atoms with Crippen molar-refractivity contribution in [3.05, 3.63) is 30.5 Å². The Bertz CT molecular complexity index is 1010. The average molecular weight is 419 g/mol. The molecule has 1 aliphatic heterocycles. The molecule has 0 atom stereocenters. The van der Waals surface area contributed by atoms with Gasteiger partial charge in [-0.05, 0) is 39.1 Å². The Labute approximate surface area is 171 Å². The van der Waals surface area contributed by atoms with Crippen molar-refractivity contribution in [3.63, 3.8) is 0 Å². The standard InChI is InChI=1S/C19H26N6O3S/c1-13(2)25-12-17(26)24(4)16-11-21-19(23-18(16)25)22-14-6-5-7-15(10-14)29(27,28)9-8-20-3/h5-7,10-11,13,20H,8-9,12H2,1-4H3,(H,21,22,23). The van der Waals surface area contributed by atoms with E-state index in [9.17, 15) is 13.2 Å². The molecule has 2 heterocycles. The van der Waals surface area contributed by atoms with E-state index in [0.717, 1.165) is 0 Å². The molecule has 1 aromatic heterocycles. The molecule has 2 aromatic rings. The molecule has 0 radical (unpaired) electrons. The number of carbonyl (C=O) groups excluding carboxylic acids is 1. The number of anilines is 4. The van der Waals surface area contributed by atoms with E-state index in [1.807, 2.05) is 18.7 Å². The number of likely N-dealkylation sites (N-methyl/N-ethyl adjacent to an activating group) is 1. The van der Waals surface area contributed by atoms with Crippen LogP contribution in [0.25, 0.3) is 0 Å². The van der Waals surface area contributed by atoms with Crippen molar-refractivity contribution in [2.75, 3.05) is 48.1 Å². The largest absolute Gasteiger partial charge is 0.343 e. The summed E-state index contributed by atoms with van der Waals surface area (Å²) in [6.07, 6.45) is 1.60. The molecule has 0 fully saturated rings. The van der Waals surface area contributed by atoms with Crippen molar-refractivity contribution in [1.29, 1.82) is 0 Å². The van der Waals surface area contributed by atoms with E-state index in [2.05, 4.69) is 20.6 Å². The number of benzene rings is 1. The number of sulfone groups is 1. The summed E-state index contributed by atoms with van der Waals surface area (Å²) in [6, 6.07) is 6.68. The Kier molecular flexibility index (Phi) is 6.04. The molecular formula is C19H26N6O3S. The second-order valence-corrected chi connectivity index (χ2v) is 9.26. The van der Waals surface area contributed by atoms with Crippen LogP contribution in [0.2, 0.25) is 0 Å². The topological polar surface area (TPSA) is 108 Å². The van der Waals surface area contributed by atoms with E-state index >= 15 is 0 Å². The maximum atomic E-state index is 12.4. The van der Waals surface area contributed by atoms with Gasteiger partial charge in [0.05, 0.1) is 23.4 Å². The molecule has 29 heavy (non-hydrogen) atoms. The number of nitrogens with zero attached hydrogens (tertiary/aromatic N) is 4. The predicted octanol–water partition coefficient (Wildman–Crippen LogP) is 1.40. The summed E-state index contributed by atoms with van der Waals surface area (Å²) in [4.78, 5) is 24.8. The van der Waals surface area contributed by atoms with Crippen LogP contribution in [-0.4, -0.2) is 63.3 Å². The van der Waals surface area contributed by atoms with Gasteiger partial charge < -0.3 is 20.4 Å². The summed E-state index contributed by atoms with van der Waals surface area (Å²) >= 11 is 0.